The lowest BCUT2D eigenvalue weighted by molar-refractivity contribution is 0.230. The summed E-state index contributed by atoms with van der Waals surface area (Å²) in [4.78, 5) is 30.6. The van der Waals surface area contributed by atoms with Crippen LogP contribution in [0.3, 0.4) is 0 Å². The van der Waals surface area contributed by atoms with Gasteiger partial charge in [0.2, 0.25) is 0 Å². The zero-order valence-electron chi connectivity index (χ0n) is 14.8. The topological polar surface area (TPSA) is 79.3 Å². The maximum Gasteiger partial charge on any atom is 0.315 e. The zero-order valence-corrected chi connectivity index (χ0v) is 14.8. The molecule has 25 heavy (non-hydrogen) atoms. The van der Waals surface area contributed by atoms with Crippen LogP contribution in [0.5, 0.6) is 0 Å². The van der Waals surface area contributed by atoms with Gasteiger partial charge in [-0.3, -0.25) is 4.79 Å². The number of aryl methyl sites for hydroxylation is 1. The molecule has 0 atom stereocenters. The molecule has 2 amide bonds. The molecular weight excluding hydrogens is 318 g/mol. The zero-order chi connectivity index (χ0) is 17.4. The molecule has 0 radical (unpaired) electrons. The first-order valence-electron chi connectivity index (χ1n) is 9.38. The summed E-state index contributed by atoms with van der Waals surface area (Å²) < 4.78 is 1.55. The molecule has 1 aromatic heterocycles. The number of piperidine rings is 1. The molecular formula is C18H27N5O2. The van der Waals surface area contributed by atoms with Gasteiger partial charge in [0.1, 0.15) is 0 Å². The van der Waals surface area contributed by atoms with Crippen molar-refractivity contribution in [3.8, 4) is 0 Å². The second-order valence-electron chi connectivity index (χ2n) is 7.89. The molecule has 0 bridgehead atoms. The van der Waals surface area contributed by atoms with Gasteiger partial charge in [-0.2, -0.15) is 0 Å². The van der Waals surface area contributed by atoms with E-state index in [1.165, 1.54) is 25.7 Å². The van der Waals surface area contributed by atoms with Crippen molar-refractivity contribution in [1.82, 2.24) is 20.2 Å². The minimum Gasteiger partial charge on any atom is -0.352 e. The predicted molar refractivity (Wildman–Crippen MR) is 95.6 cm³/mol. The standard InChI is InChI=1S/C18H27N5O2/c1-22-11-8-19-15(16(22)24)23-9-4-14(5-10-23)21-17(25)20-12-18(6-7-18)13-2-3-13/h8,11,13-14H,2-7,9-10,12H2,1H3,(H2,20,21,25). The summed E-state index contributed by atoms with van der Waals surface area (Å²) in [6.07, 6.45) is 10.2. The van der Waals surface area contributed by atoms with Crippen molar-refractivity contribution in [3.63, 3.8) is 0 Å². The summed E-state index contributed by atoms with van der Waals surface area (Å²) in [5.41, 5.74) is 0.362. The van der Waals surface area contributed by atoms with Crippen LogP contribution >= 0.6 is 0 Å². The largest absolute Gasteiger partial charge is 0.352 e. The van der Waals surface area contributed by atoms with Crippen molar-refractivity contribution >= 4 is 11.8 Å². The van der Waals surface area contributed by atoms with Crippen molar-refractivity contribution in [1.29, 1.82) is 0 Å². The molecule has 7 nitrogen and oxygen atoms in total. The number of hydrogen-bond acceptors (Lipinski definition) is 4. The molecule has 2 N–H and O–H groups in total. The lowest BCUT2D eigenvalue weighted by Gasteiger charge is -2.32. The highest BCUT2D eigenvalue weighted by Crippen LogP contribution is 2.60. The van der Waals surface area contributed by atoms with Crippen LogP contribution in [0.2, 0.25) is 0 Å². The van der Waals surface area contributed by atoms with Crippen LogP contribution in [-0.2, 0) is 7.05 Å². The van der Waals surface area contributed by atoms with Crippen molar-refractivity contribution in [2.24, 2.45) is 18.4 Å². The van der Waals surface area contributed by atoms with Crippen LogP contribution in [-0.4, -0.2) is 41.3 Å². The molecule has 1 aliphatic heterocycles. The highest BCUT2D eigenvalue weighted by Gasteiger charge is 2.53. The number of aromatic nitrogens is 2. The molecule has 0 aromatic carbocycles. The van der Waals surface area contributed by atoms with Gasteiger partial charge in [0.05, 0.1) is 0 Å². The summed E-state index contributed by atoms with van der Waals surface area (Å²) in [7, 11) is 1.74. The Hall–Kier alpha value is -2.05. The van der Waals surface area contributed by atoms with Crippen LogP contribution < -0.4 is 21.1 Å². The van der Waals surface area contributed by atoms with E-state index in [-0.39, 0.29) is 17.6 Å². The van der Waals surface area contributed by atoms with Crippen molar-refractivity contribution < 1.29 is 4.79 Å². The Balaban J connectivity index is 1.24. The number of nitrogens with zero attached hydrogens (tertiary/aromatic N) is 3. The second kappa shape index (κ2) is 6.35. The van der Waals surface area contributed by atoms with E-state index in [0.717, 1.165) is 38.4 Å². The van der Waals surface area contributed by atoms with E-state index in [0.29, 0.717) is 11.2 Å². The molecule has 7 heteroatoms. The lowest BCUT2D eigenvalue weighted by atomic mass is 10.0. The molecule has 2 heterocycles. The van der Waals surface area contributed by atoms with Gasteiger partial charge in [-0.1, -0.05) is 0 Å². The first kappa shape index (κ1) is 16.4. The highest BCUT2D eigenvalue weighted by atomic mass is 16.2. The van der Waals surface area contributed by atoms with Gasteiger partial charge in [-0.05, 0) is 49.9 Å². The fraction of sp³-hybridized carbons (Fsp3) is 0.722. The molecule has 1 saturated heterocycles. The van der Waals surface area contributed by atoms with Gasteiger partial charge in [0, 0.05) is 45.1 Å². The smallest absolute Gasteiger partial charge is 0.315 e. The summed E-state index contributed by atoms with van der Waals surface area (Å²) in [6, 6.07) is 0.124. The molecule has 0 spiro atoms. The van der Waals surface area contributed by atoms with Crippen LogP contribution in [0.15, 0.2) is 17.2 Å². The SMILES string of the molecule is Cn1ccnc(N2CCC(NC(=O)NCC3(C4CC4)CC3)CC2)c1=O. The first-order chi connectivity index (χ1) is 12.1. The summed E-state index contributed by atoms with van der Waals surface area (Å²) >= 11 is 0. The minimum atomic E-state index is -0.0681. The van der Waals surface area contributed by atoms with Gasteiger partial charge in [0.25, 0.3) is 5.56 Å². The average Bonchev–Trinajstić information content (AvgIpc) is 3.49. The molecule has 1 aromatic rings. The fourth-order valence-corrected chi connectivity index (χ4v) is 4.02. The normalized spacial score (nSPS) is 22.5. The van der Waals surface area contributed by atoms with Crippen molar-refractivity contribution in [3.05, 3.63) is 22.7 Å². The van der Waals surface area contributed by atoms with E-state index in [2.05, 4.69) is 15.6 Å². The van der Waals surface area contributed by atoms with E-state index >= 15 is 0 Å². The quantitative estimate of drug-likeness (QED) is 0.841. The predicted octanol–water partition coefficient (Wildman–Crippen LogP) is 1.24. The van der Waals surface area contributed by atoms with E-state index in [4.69, 9.17) is 0 Å². The highest BCUT2D eigenvalue weighted by molar-refractivity contribution is 5.74. The maximum absolute atomic E-state index is 12.2. The summed E-state index contributed by atoms with van der Waals surface area (Å²) in [5, 5.41) is 6.18. The third kappa shape index (κ3) is 3.50. The van der Waals surface area contributed by atoms with E-state index in [9.17, 15) is 9.59 Å². The van der Waals surface area contributed by atoms with Gasteiger partial charge < -0.3 is 20.1 Å². The van der Waals surface area contributed by atoms with Crippen molar-refractivity contribution in [2.45, 2.75) is 44.6 Å². The Labute approximate surface area is 147 Å². The Morgan fingerprint density at radius 2 is 2.00 bits per heavy atom. The number of carbonyl (C=O) groups excluding carboxylic acids is 1. The van der Waals surface area contributed by atoms with Gasteiger partial charge >= 0.3 is 6.03 Å². The minimum absolute atomic E-state index is 0.0425. The van der Waals surface area contributed by atoms with Gasteiger partial charge in [-0.25, -0.2) is 9.78 Å². The van der Waals surface area contributed by atoms with Crippen LogP contribution in [0.1, 0.15) is 38.5 Å². The number of amides is 2. The number of hydrogen-bond donors (Lipinski definition) is 2. The molecule has 0 unspecified atom stereocenters. The Bertz CT molecular complexity index is 700. The second-order valence-corrected chi connectivity index (χ2v) is 7.89. The van der Waals surface area contributed by atoms with Gasteiger partial charge in [0.15, 0.2) is 5.82 Å². The number of urea groups is 1. The Morgan fingerprint density at radius 3 is 2.64 bits per heavy atom. The summed E-state index contributed by atoms with van der Waals surface area (Å²) in [5.74, 6) is 1.37. The van der Waals surface area contributed by atoms with Gasteiger partial charge in [-0.15, -0.1) is 0 Å². The number of rotatable bonds is 5. The Kier molecular flexibility index (Phi) is 4.17. The third-order valence-corrected chi connectivity index (χ3v) is 6.07. The monoisotopic (exact) mass is 345 g/mol. The average molecular weight is 345 g/mol. The van der Waals surface area contributed by atoms with E-state index in [1.807, 2.05) is 4.90 Å². The van der Waals surface area contributed by atoms with Crippen molar-refractivity contribution in [2.75, 3.05) is 24.5 Å². The number of nitrogens with one attached hydrogen (secondary N) is 2. The van der Waals surface area contributed by atoms with Crippen LogP contribution in [0, 0.1) is 11.3 Å². The molecule has 2 saturated carbocycles. The van der Waals surface area contributed by atoms with E-state index in [1.54, 1.807) is 24.0 Å². The molecule has 2 aliphatic carbocycles. The Morgan fingerprint density at radius 1 is 1.28 bits per heavy atom. The molecule has 4 rings (SSSR count). The third-order valence-electron chi connectivity index (χ3n) is 6.07. The van der Waals surface area contributed by atoms with Crippen LogP contribution in [0.25, 0.3) is 0 Å². The maximum atomic E-state index is 12.2. The number of carbonyl (C=O) groups is 1. The fourth-order valence-electron chi connectivity index (χ4n) is 4.02. The molecule has 136 valence electrons. The molecule has 3 fully saturated rings. The van der Waals surface area contributed by atoms with Crippen LogP contribution in [0.4, 0.5) is 10.6 Å². The summed E-state index contributed by atoms with van der Waals surface area (Å²) in [6.45, 7) is 2.30. The molecule has 3 aliphatic rings. The number of anilines is 1. The van der Waals surface area contributed by atoms with E-state index < -0.39 is 0 Å². The lowest BCUT2D eigenvalue weighted by Crippen LogP contribution is -2.49. The first-order valence-corrected chi connectivity index (χ1v) is 9.38.